The zero-order valence-corrected chi connectivity index (χ0v) is 22.2. The number of thiazole rings is 1. The molecule has 0 spiro atoms. The van der Waals surface area contributed by atoms with Gasteiger partial charge in [0.2, 0.25) is 0 Å². The quantitative estimate of drug-likeness (QED) is 0.280. The molecule has 2 amide bonds. The number of carbonyl (C=O) groups excluding carboxylic acids is 2. The molecule has 0 radical (unpaired) electrons. The number of hydrogen-bond donors (Lipinski definition) is 2. The van der Waals surface area contributed by atoms with Gasteiger partial charge >= 0.3 is 0 Å². The molecule has 0 fully saturated rings. The van der Waals surface area contributed by atoms with E-state index in [9.17, 15) is 9.59 Å². The van der Waals surface area contributed by atoms with Gasteiger partial charge in [0, 0.05) is 42.2 Å². The number of aromatic nitrogens is 2. The summed E-state index contributed by atoms with van der Waals surface area (Å²) in [5.74, 6) is 2.13. The average Bonchev–Trinajstić information content (AvgIpc) is 3.51. The molecule has 12 heteroatoms. The molecule has 0 atom stereocenters. The van der Waals surface area contributed by atoms with Crippen molar-refractivity contribution >= 4 is 28.1 Å². The number of imidazole rings is 1. The summed E-state index contributed by atoms with van der Waals surface area (Å²) in [6.07, 6.45) is 4.02. The maximum atomic E-state index is 12.8. The zero-order chi connectivity index (χ0) is 27.2. The van der Waals surface area contributed by atoms with Crippen LogP contribution in [0.5, 0.6) is 28.7 Å². The molecule has 4 rings (SSSR count). The van der Waals surface area contributed by atoms with Crippen molar-refractivity contribution in [3.63, 3.8) is 0 Å². The molecule has 2 heterocycles. The first-order valence-electron chi connectivity index (χ1n) is 11.5. The summed E-state index contributed by atoms with van der Waals surface area (Å²) in [5.41, 5.74) is 7.31. The Morgan fingerprint density at radius 3 is 2.26 bits per heavy atom. The molecule has 0 saturated heterocycles. The largest absolute Gasteiger partial charge is 0.496 e. The standard InChI is InChI=1S/C26H28N4O7S/c1-33-16-10-21(35-3)17(22(11-16)36-4)7-8-28-25(32)23-13-30-12-19(29-26(30)38-23)18-9-15(37-14-24(27)31)5-6-20(18)34-2/h5-6,9-13H,7-8,14H2,1-4H3,(H2,27,31)(H,28,32). The summed E-state index contributed by atoms with van der Waals surface area (Å²) in [7, 11) is 6.28. The second kappa shape index (κ2) is 11.7. The predicted molar refractivity (Wildman–Crippen MR) is 142 cm³/mol. The van der Waals surface area contributed by atoms with Crippen LogP contribution in [0.25, 0.3) is 16.2 Å². The summed E-state index contributed by atoms with van der Waals surface area (Å²) >= 11 is 1.26. The number of benzene rings is 2. The van der Waals surface area contributed by atoms with Crippen LogP contribution in [0.2, 0.25) is 0 Å². The highest BCUT2D eigenvalue weighted by atomic mass is 32.1. The SMILES string of the molecule is COc1cc(OC)c(CCNC(=O)c2cn3cc(-c4cc(OCC(N)=O)ccc4OC)nc3s2)c(OC)c1. The second-order valence-corrected chi connectivity index (χ2v) is 9.05. The van der Waals surface area contributed by atoms with Crippen molar-refractivity contribution in [2.45, 2.75) is 6.42 Å². The second-order valence-electron chi connectivity index (χ2n) is 8.04. The molecule has 2 aromatic heterocycles. The molecule has 4 aromatic rings. The van der Waals surface area contributed by atoms with E-state index < -0.39 is 5.91 Å². The highest BCUT2D eigenvalue weighted by molar-refractivity contribution is 7.18. The lowest BCUT2D eigenvalue weighted by atomic mass is 10.1. The smallest absolute Gasteiger partial charge is 0.263 e. The molecule has 11 nitrogen and oxygen atoms in total. The van der Waals surface area contributed by atoms with Gasteiger partial charge in [-0.05, 0) is 24.6 Å². The number of primary amides is 1. The van der Waals surface area contributed by atoms with E-state index in [1.54, 1.807) is 75.6 Å². The molecular weight excluding hydrogens is 512 g/mol. The number of rotatable bonds is 12. The number of nitrogens with one attached hydrogen (secondary N) is 1. The minimum Gasteiger partial charge on any atom is -0.496 e. The van der Waals surface area contributed by atoms with E-state index in [1.165, 1.54) is 11.3 Å². The predicted octanol–water partition coefficient (Wildman–Crippen LogP) is 2.93. The number of carbonyl (C=O) groups is 2. The van der Waals surface area contributed by atoms with E-state index in [2.05, 4.69) is 10.3 Å². The lowest BCUT2D eigenvalue weighted by Gasteiger charge is -2.15. The van der Waals surface area contributed by atoms with E-state index in [0.29, 0.717) is 62.8 Å². The highest BCUT2D eigenvalue weighted by Crippen LogP contribution is 2.35. The molecule has 0 unspecified atom stereocenters. The third-order valence-electron chi connectivity index (χ3n) is 5.69. The molecule has 0 aliphatic carbocycles. The third-order valence-corrected chi connectivity index (χ3v) is 6.68. The Balaban J connectivity index is 1.47. The van der Waals surface area contributed by atoms with Gasteiger partial charge in [-0.25, -0.2) is 4.98 Å². The van der Waals surface area contributed by atoms with E-state index in [0.717, 1.165) is 5.56 Å². The van der Waals surface area contributed by atoms with Crippen LogP contribution in [0.4, 0.5) is 0 Å². The number of hydrogen-bond acceptors (Lipinski definition) is 9. The zero-order valence-electron chi connectivity index (χ0n) is 21.4. The maximum absolute atomic E-state index is 12.8. The van der Waals surface area contributed by atoms with Crippen LogP contribution in [-0.2, 0) is 11.2 Å². The lowest BCUT2D eigenvalue weighted by Crippen LogP contribution is -2.25. The lowest BCUT2D eigenvalue weighted by molar-refractivity contribution is -0.119. The normalized spacial score (nSPS) is 10.7. The molecule has 38 heavy (non-hydrogen) atoms. The third kappa shape index (κ3) is 5.75. The first kappa shape index (κ1) is 26.6. The van der Waals surface area contributed by atoms with Crippen molar-refractivity contribution < 1.29 is 33.3 Å². The molecule has 3 N–H and O–H groups in total. The Hall–Kier alpha value is -4.45. The van der Waals surface area contributed by atoms with Crippen molar-refractivity contribution in [3.05, 3.63) is 53.2 Å². The van der Waals surface area contributed by atoms with Gasteiger partial charge in [0.05, 0.1) is 34.1 Å². The van der Waals surface area contributed by atoms with Crippen LogP contribution < -0.4 is 34.7 Å². The van der Waals surface area contributed by atoms with Gasteiger partial charge in [0.25, 0.3) is 11.8 Å². The summed E-state index contributed by atoms with van der Waals surface area (Å²) in [6.45, 7) is 0.138. The fourth-order valence-electron chi connectivity index (χ4n) is 3.87. The van der Waals surface area contributed by atoms with Gasteiger partial charge in [-0.15, -0.1) is 0 Å². The number of nitrogens with zero attached hydrogens (tertiary/aromatic N) is 2. The Bertz CT molecular complexity index is 1410. The van der Waals surface area contributed by atoms with Crippen molar-refractivity contribution in [1.82, 2.24) is 14.7 Å². The van der Waals surface area contributed by atoms with Gasteiger partial charge in [-0.1, -0.05) is 11.3 Å². The number of amides is 2. The van der Waals surface area contributed by atoms with Crippen molar-refractivity contribution in [1.29, 1.82) is 0 Å². The van der Waals surface area contributed by atoms with E-state index in [-0.39, 0.29) is 12.5 Å². The van der Waals surface area contributed by atoms with Crippen LogP contribution in [0, 0.1) is 0 Å². The van der Waals surface area contributed by atoms with Gasteiger partial charge < -0.3 is 34.7 Å². The molecule has 0 aliphatic heterocycles. The van der Waals surface area contributed by atoms with Gasteiger partial charge in [-0.2, -0.15) is 0 Å². The average molecular weight is 541 g/mol. The van der Waals surface area contributed by atoms with Gasteiger partial charge in [0.1, 0.15) is 33.6 Å². The van der Waals surface area contributed by atoms with Crippen LogP contribution in [0.15, 0.2) is 42.7 Å². The Kier molecular flexibility index (Phi) is 8.22. The van der Waals surface area contributed by atoms with E-state index in [4.69, 9.17) is 29.4 Å². The Labute approximate surface area is 223 Å². The Morgan fingerprint density at radius 1 is 0.947 bits per heavy atom. The van der Waals surface area contributed by atoms with E-state index in [1.807, 2.05) is 0 Å². The van der Waals surface area contributed by atoms with Crippen LogP contribution in [-0.4, -0.2) is 62.8 Å². The van der Waals surface area contributed by atoms with Crippen molar-refractivity contribution in [2.24, 2.45) is 5.73 Å². The van der Waals surface area contributed by atoms with E-state index >= 15 is 0 Å². The Morgan fingerprint density at radius 2 is 1.66 bits per heavy atom. The van der Waals surface area contributed by atoms with Crippen LogP contribution in [0.3, 0.4) is 0 Å². The first-order valence-corrected chi connectivity index (χ1v) is 12.3. The number of methoxy groups -OCH3 is 4. The monoisotopic (exact) mass is 540 g/mol. The fraction of sp³-hybridized carbons (Fsp3) is 0.269. The topological polar surface area (TPSA) is 136 Å². The summed E-state index contributed by atoms with van der Waals surface area (Å²) in [4.78, 5) is 29.7. The minimum absolute atomic E-state index is 0.215. The molecule has 0 saturated carbocycles. The van der Waals surface area contributed by atoms with Crippen LogP contribution >= 0.6 is 11.3 Å². The van der Waals surface area contributed by atoms with Gasteiger partial charge in [0.15, 0.2) is 11.6 Å². The highest BCUT2D eigenvalue weighted by Gasteiger charge is 2.18. The molecule has 200 valence electrons. The molecule has 0 bridgehead atoms. The molecule has 2 aromatic carbocycles. The van der Waals surface area contributed by atoms with Gasteiger partial charge in [-0.3, -0.25) is 14.0 Å². The maximum Gasteiger partial charge on any atom is 0.263 e. The van der Waals surface area contributed by atoms with Crippen molar-refractivity contribution in [2.75, 3.05) is 41.6 Å². The summed E-state index contributed by atoms with van der Waals surface area (Å²) in [6, 6.07) is 8.69. The first-order chi connectivity index (χ1) is 18.4. The van der Waals surface area contributed by atoms with Crippen molar-refractivity contribution in [3.8, 4) is 40.0 Å². The molecular formula is C26H28N4O7S. The molecule has 0 aliphatic rings. The number of fused-ring (bicyclic) bond motifs is 1. The summed E-state index contributed by atoms with van der Waals surface area (Å²) < 4.78 is 28.9. The number of nitrogens with two attached hydrogens (primary N) is 1. The van der Waals surface area contributed by atoms with Crippen LogP contribution in [0.1, 0.15) is 15.2 Å². The fourth-order valence-corrected chi connectivity index (χ4v) is 4.76. The minimum atomic E-state index is -0.571. The summed E-state index contributed by atoms with van der Waals surface area (Å²) in [5, 5.41) is 2.94. The number of ether oxygens (including phenoxy) is 5.